The summed E-state index contributed by atoms with van der Waals surface area (Å²) in [6, 6.07) is 14.4. The minimum absolute atomic E-state index is 0.121. The molecule has 0 saturated carbocycles. The van der Waals surface area contributed by atoms with Crippen molar-refractivity contribution in [3.8, 4) is 6.07 Å². The second kappa shape index (κ2) is 8.47. The first kappa shape index (κ1) is 19.9. The number of halogens is 2. The van der Waals surface area contributed by atoms with Crippen molar-refractivity contribution in [2.45, 2.75) is 12.8 Å². The van der Waals surface area contributed by atoms with Gasteiger partial charge in [0.25, 0.3) is 11.5 Å². The van der Waals surface area contributed by atoms with E-state index in [-0.39, 0.29) is 11.1 Å². The maximum Gasteiger partial charge on any atom is 0.269 e. The molecule has 0 saturated heterocycles. The van der Waals surface area contributed by atoms with E-state index in [2.05, 4.69) is 5.32 Å². The van der Waals surface area contributed by atoms with Gasteiger partial charge in [-0.05, 0) is 36.6 Å². The number of hydrogen-bond acceptors (Lipinski definition) is 3. The second-order valence-corrected chi connectivity index (χ2v) is 7.17. The zero-order valence-electron chi connectivity index (χ0n) is 15.1. The van der Waals surface area contributed by atoms with Crippen LogP contribution < -0.4 is 10.9 Å². The number of hydrogen-bond donors (Lipinski definition) is 1. The molecule has 0 spiro atoms. The average Bonchev–Trinajstić information content (AvgIpc) is 2.70. The van der Waals surface area contributed by atoms with Gasteiger partial charge in [0.2, 0.25) is 0 Å². The Kier molecular flexibility index (Phi) is 6.03. The first-order valence-electron chi connectivity index (χ1n) is 8.68. The molecule has 5 nitrogen and oxygen atoms in total. The monoisotopic (exact) mass is 413 g/mol. The number of nitrogens with one attached hydrogen (secondary N) is 1. The summed E-state index contributed by atoms with van der Waals surface area (Å²) in [7, 11) is 1.59. The largest absolute Gasteiger partial charge is 0.352 e. The minimum atomic E-state index is -0.484. The minimum Gasteiger partial charge on any atom is -0.352 e. The van der Waals surface area contributed by atoms with Crippen molar-refractivity contribution in [2.75, 3.05) is 6.54 Å². The van der Waals surface area contributed by atoms with Crippen LogP contribution in [0, 0.1) is 11.3 Å². The van der Waals surface area contributed by atoms with Crippen LogP contribution in [-0.2, 0) is 13.5 Å². The molecule has 0 unspecified atom stereocenters. The standard InChI is InChI=1S/C21H17Cl2N3O2/c1-26-18-7-3-2-6-14(18)19(15(12-24)21(26)28)20(27)25-10-4-5-13-8-9-16(22)17(23)11-13/h2-3,6-9,11H,4-5,10H2,1H3,(H,25,27). The number of benzene rings is 2. The fourth-order valence-corrected chi connectivity index (χ4v) is 3.43. The molecular weight excluding hydrogens is 397 g/mol. The van der Waals surface area contributed by atoms with Crippen LogP contribution in [0.4, 0.5) is 0 Å². The molecule has 3 rings (SSSR count). The van der Waals surface area contributed by atoms with Gasteiger partial charge in [-0.25, -0.2) is 0 Å². The lowest BCUT2D eigenvalue weighted by Gasteiger charge is -2.12. The first-order chi connectivity index (χ1) is 13.4. The third-order valence-electron chi connectivity index (χ3n) is 4.55. The molecule has 7 heteroatoms. The van der Waals surface area contributed by atoms with Crippen LogP contribution in [0.3, 0.4) is 0 Å². The van der Waals surface area contributed by atoms with Crippen LogP contribution >= 0.6 is 23.2 Å². The Bertz CT molecular complexity index is 1160. The first-order valence-corrected chi connectivity index (χ1v) is 9.43. The molecule has 3 aromatic rings. The Balaban J connectivity index is 1.78. The number of nitriles is 1. The van der Waals surface area contributed by atoms with Crippen molar-refractivity contribution in [1.82, 2.24) is 9.88 Å². The van der Waals surface area contributed by atoms with Gasteiger partial charge in [-0.15, -0.1) is 0 Å². The number of para-hydroxylation sites is 1. The molecule has 0 aliphatic heterocycles. The zero-order valence-corrected chi connectivity index (χ0v) is 16.6. The highest BCUT2D eigenvalue weighted by Crippen LogP contribution is 2.23. The Morgan fingerprint density at radius 1 is 1.18 bits per heavy atom. The molecule has 0 aliphatic rings. The Labute approximate surface area is 172 Å². The average molecular weight is 414 g/mol. The van der Waals surface area contributed by atoms with E-state index in [4.69, 9.17) is 23.2 Å². The maximum atomic E-state index is 12.8. The topological polar surface area (TPSA) is 74.9 Å². The number of pyridine rings is 1. The number of carbonyl (C=O) groups excluding carboxylic acids is 1. The van der Waals surface area contributed by atoms with Crippen molar-refractivity contribution >= 4 is 40.0 Å². The molecule has 1 aromatic heterocycles. The fraction of sp³-hybridized carbons (Fsp3) is 0.190. The summed E-state index contributed by atoms with van der Waals surface area (Å²) >= 11 is 11.9. The molecule has 28 heavy (non-hydrogen) atoms. The van der Waals surface area contributed by atoms with Crippen molar-refractivity contribution < 1.29 is 4.79 Å². The lowest BCUT2D eigenvalue weighted by Crippen LogP contribution is -2.30. The lowest BCUT2D eigenvalue weighted by molar-refractivity contribution is 0.0954. The smallest absolute Gasteiger partial charge is 0.269 e. The Hall–Kier alpha value is -2.81. The van der Waals surface area contributed by atoms with E-state index < -0.39 is 11.5 Å². The molecule has 0 radical (unpaired) electrons. The summed E-state index contributed by atoms with van der Waals surface area (Å²) < 4.78 is 1.38. The third kappa shape index (κ3) is 3.89. The predicted molar refractivity (Wildman–Crippen MR) is 111 cm³/mol. The van der Waals surface area contributed by atoms with E-state index in [1.807, 2.05) is 12.1 Å². The van der Waals surface area contributed by atoms with Crippen LogP contribution in [0.5, 0.6) is 0 Å². The third-order valence-corrected chi connectivity index (χ3v) is 5.29. The summed E-state index contributed by atoms with van der Waals surface area (Å²) in [4.78, 5) is 25.2. The highest BCUT2D eigenvalue weighted by Gasteiger charge is 2.20. The summed E-state index contributed by atoms with van der Waals surface area (Å²) in [6.45, 7) is 0.396. The number of nitrogens with zero attached hydrogens (tertiary/aromatic N) is 2. The van der Waals surface area contributed by atoms with Gasteiger partial charge < -0.3 is 9.88 Å². The van der Waals surface area contributed by atoms with Gasteiger partial charge in [0.05, 0.1) is 21.1 Å². The quantitative estimate of drug-likeness (QED) is 0.640. The van der Waals surface area contributed by atoms with Gasteiger partial charge in [-0.1, -0.05) is 47.5 Å². The number of rotatable bonds is 5. The number of amides is 1. The van der Waals surface area contributed by atoms with E-state index in [0.717, 1.165) is 5.56 Å². The van der Waals surface area contributed by atoms with Gasteiger partial charge >= 0.3 is 0 Å². The summed E-state index contributed by atoms with van der Waals surface area (Å²) in [6.07, 6.45) is 1.38. The van der Waals surface area contributed by atoms with E-state index in [1.54, 1.807) is 43.4 Å². The van der Waals surface area contributed by atoms with E-state index in [0.29, 0.717) is 40.3 Å². The van der Waals surface area contributed by atoms with E-state index >= 15 is 0 Å². The molecule has 0 bridgehead atoms. The molecule has 1 N–H and O–H groups in total. The molecule has 0 atom stereocenters. The Morgan fingerprint density at radius 2 is 1.93 bits per heavy atom. The van der Waals surface area contributed by atoms with Crippen LogP contribution in [-0.4, -0.2) is 17.0 Å². The van der Waals surface area contributed by atoms with Crippen molar-refractivity contribution in [1.29, 1.82) is 5.26 Å². The van der Waals surface area contributed by atoms with Crippen molar-refractivity contribution in [3.63, 3.8) is 0 Å². The van der Waals surface area contributed by atoms with Crippen molar-refractivity contribution in [2.24, 2.45) is 7.05 Å². The summed E-state index contributed by atoms with van der Waals surface area (Å²) in [5, 5.41) is 13.8. The summed E-state index contributed by atoms with van der Waals surface area (Å²) in [5.74, 6) is -0.431. The Morgan fingerprint density at radius 3 is 2.64 bits per heavy atom. The number of fused-ring (bicyclic) bond motifs is 1. The zero-order chi connectivity index (χ0) is 20.3. The van der Waals surface area contributed by atoms with Crippen LogP contribution in [0.15, 0.2) is 47.3 Å². The van der Waals surface area contributed by atoms with Gasteiger partial charge in [0, 0.05) is 19.0 Å². The van der Waals surface area contributed by atoms with Crippen LogP contribution in [0.1, 0.15) is 27.9 Å². The van der Waals surface area contributed by atoms with E-state index in [1.165, 1.54) is 4.57 Å². The van der Waals surface area contributed by atoms with Crippen molar-refractivity contribution in [3.05, 3.63) is 79.6 Å². The molecule has 0 fully saturated rings. The maximum absolute atomic E-state index is 12.8. The van der Waals surface area contributed by atoms with E-state index in [9.17, 15) is 14.9 Å². The normalized spacial score (nSPS) is 10.6. The molecule has 1 amide bonds. The molecule has 0 aliphatic carbocycles. The molecule has 142 valence electrons. The van der Waals surface area contributed by atoms with Crippen LogP contribution in [0.2, 0.25) is 10.0 Å². The predicted octanol–water partition coefficient (Wildman–Crippen LogP) is 4.08. The molecule has 2 aromatic carbocycles. The second-order valence-electron chi connectivity index (χ2n) is 6.35. The highest BCUT2D eigenvalue weighted by atomic mass is 35.5. The molecule has 1 heterocycles. The fourth-order valence-electron chi connectivity index (χ4n) is 3.11. The molecular formula is C21H17Cl2N3O2. The van der Waals surface area contributed by atoms with Gasteiger partial charge in [-0.2, -0.15) is 5.26 Å². The van der Waals surface area contributed by atoms with Crippen LogP contribution in [0.25, 0.3) is 10.9 Å². The van der Waals surface area contributed by atoms with Gasteiger partial charge in [-0.3, -0.25) is 9.59 Å². The van der Waals surface area contributed by atoms with Gasteiger partial charge in [0.1, 0.15) is 11.6 Å². The number of aromatic nitrogens is 1. The van der Waals surface area contributed by atoms with Gasteiger partial charge in [0.15, 0.2) is 0 Å². The SMILES string of the molecule is Cn1c(=O)c(C#N)c(C(=O)NCCCc2ccc(Cl)c(Cl)c2)c2ccccc21. The lowest BCUT2D eigenvalue weighted by atomic mass is 10.0. The number of aryl methyl sites for hydroxylation is 2. The highest BCUT2D eigenvalue weighted by molar-refractivity contribution is 6.42. The summed E-state index contributed by atoms with van der Waals surface area (Å²) in [5.41, 5.74) is 1.11. The number of carbonyl (C=O) groups is 1.